The maximum atomic E-state index is 13.1. The summed E-state index contributed by atoms with van der Waals surface area (Å²) in [6.45, 7) is 0. The highest BCUT2D eigenvalue weighted by Crippen LogP contribution is 2.41. The zero-order chi connectivity index (χ0) is 19.8. The first-order chi connectivity index (χ1) is 12.6. The van der Waals surface area contributed by atoms with Crippen LogP contribution in [0.2, 0.25) is 0 Å². The van der Waals surface area contributed by atoms with Gasteiger partial charge in [-0.3, -0.25) is 4.55 Å². The lowest BCUT2D eigenvalue weighted by Gasteiger charge is -2.10. The fourth-order valence-electron chi connectivity index (χ4n) is 2.54. The maximum absolute atomic E-state index is 13.1. The molecule has 0 aliphatic carbocycles. The number of azo groups is 1. The second-order valence-electron chi connectivity index (χ2n) is 5.48. The first-order valence-electron chi connectivity index (χ1n) is 7.39. The average Bonchev–Trinajstić information content (AvgIpc) is 2.59. The van der Waals surface area contributed by atoms with Crippen molar-refractivity contribution in [3.8, 4) is 5.75 Å². The number of alkyl halides is 3. The van der Waals surface area contributed by atoms with Crippen LogP contribution >= 0.6 is 0 Å². The van der Waals surface area contributed by atoms with Crippen LogP contribution in [-0.4, -0.2) is 18.1 Å². The summed E-state index contributed by atoms with van der Waals surface area (Å²) in [7, 11) is -4.68. The largest absolute Gasteiger partial charge is 0.506 e. The molecule has 10 heteroatoms. The molecule has 0 spiro atoms. The van der Waals surface area contributed by atoms with Crippen LogP contribution in [0.25, 0.3) is 10.8 Å². The molecule has 140 valence electrons. The van der Waals surface area contributed by atoms with Gasteiger partial charge in [-0.1, -0.05) is 30.3 Å². The number of hydrogen-bond donors (Lipinski definition) is 2. The van der Waals surface area contributed by atoms with Crippen molar-refractivity contribution in [1.29, 1.82) is 0 Å². The molecule has 0 aliphatic rings. The van der Waals surface area contributed by atoms with Crippen LogP contribution in [-0.2, 0) is 16.3 Å². The third kappa shape index (κ3) is 3.76. The van der Waals surface area contributed by atoms with Crippen LogP contribution in [0.3, 0.4) is 0 Å². The lowest BCUT2D eigenvalue weighted by atomic mass is 10.1. The number of nitrogens with zero attached hydrogens (tertiary/aromatic N) is 2. The Morgan fingerprint density at radius 3 is 2.26 bits per heavy atom. The molecule has 0 unspecified atom stereocenters. The molecule has 0 amide bonds. The molecule has 0 fully saturated rings. The van der Waals surface area contributed by atoms with Crippen molar-refractivity contribution >= 4 is 32.3 Å². The number of rotatable bonds is 3. The van der Waals surface area contributed by atoms with Gasteiger partial charge in [-0.05, 0) is 29.7 Å². The fraction of sp³-hybridized carbons (Fsp3) is 0.0588. The highest BCUT2D eigenvalue weighted by molar-refractivity contribution is 7.86. The minimum Gasteiger partial charge on any atom is -0.506 e. The van der Waals surface area contributed by atoms with Gasteiger partial charge in [-0.15, -0.1) is 10.2 Å². The van der Waals surface area contributed by atoms with Crippen molar-refractivity contribution in [3.63, 3.8) is 0 Å². The molecule has 27 heavy (non-hydrogen) atoms. The number of fused-ring (bicyclic) bond motifs is 1. The minimum atomic E-state index is -4.68. The molecule has 3 aromatic carbocycles. The van der Waals surface area contributed by atoms with Gasteiger partial charge in [0.1, 0.15) is 16.3 Å². The van der Waals surface area contributed by atoms with E-state index in [1.165, 1.54) is 36.4 Å². The van der Waals surface area contributed by atoms with Gasteiger partial charge in [0.05, 0.1) is 11.3 Å². The van der Waals surface area contributed by atoms with Gasteiger partial charge in [0.15, 0.2) is 0 Å². The van der Waals surface area contributed by atoms with Crippen molar-refractivity contribution < 1.29 is 31.2 Å². The van der Waals surface area contributed by atoms with Crippen LogP contribution in [0.15, 0.2) is 69.7 Å². The molecule has 0 saturated carbocycles. The minimum absolute atomic E-state index is 0.159. The SMILES string of the molecule is O=S(=O)(O)c1cccc2ccc(O)c(N=Nc3ccccc3C(F)(F)F)c12. The van der Waals surface area contributed by atoms with E-state index in [1.807, 2.05) is 0 Å². The van der Waals surface area contributed by atoms with Gasteiger partial charge >= 0.3 is 6.18 Å². The lowest BCUT2D eigenvalue weighted by Crippen LogP contribution is -2.04. The smallest absolute Gasteiger partial charge is 0.418 e. The van der Waals surface area contributed by atoms with E-state index in [4.69, 9.17) is 0 Å². The predicted octanol–water partition coefficient (Wildman–Crippen LogP) is 5.23. The van der Waals surface area contributed by atoms with Crippen molar-refractivity contribution in [2.24, 2.45) is 10.2 Å². The fourth-order valence-corrected chi connectivity index (χ4v) is 3.26. The summed E-state index contributed by atoms with van der Waals surface area (Å²) in [5.74, 6) is -0.508. The Balaban J connectivity index is 2.25. The van der Waals surface area contributed by atoms with Gasteiger partial charge in [0.2, 0.25) is 0 Å². The standard InChI is InChI=1S/C17H11F3N2O4S/c18-17(19,20)11-5-1-2-6-12(11)21-22-16-13(23)9-8-10-4-3-7-14(15(10)16)27(24,25)26/h1-9,23H,(H,24,25,26). The molecule has 3 rings (SSSR count). The third-order valence-corrected chi connectivity index (χ3v) is 4.60. The van der Waals surface area contributed by atoms with Crippen molar-refractivity contribution in [2.75, 3.05) is 0 Å². The molecule has 0 aliphatic heterocycles. The summed E-state index contributed by atoms with van der Waals surface area (Å²) >= 11 is 0. The summed E-state index contributed by atoms with van der Waals surface area (Å²) < 4.78 is 71.8. The molecular formula is C17H11F3N2O4S. The summed E-state index contributed by atoms with van der Waals surface area (Å²) in [5.41, 5.74) is -1.92. The van der Waals surface area contributed by atoms with Crippen molar-refractivity contribution in [1.82, 2.24) is 0 Å². The predicted molar refractivity (Wildman–Crippen MR) is 91.0 cm³/mol. The maximum Gasteiger partial charge on any atom is 0.418 e. The average molecular weight is 396 g/mol. The van der Waals surface area contributed by atoms with E-state index >= 15 is 0 Å². The van der Waals surface area contributed by atoms with Gasteiger partial charge in [0, 0.05) is 5.39 Å². The molecule has 0 aromatic heterocycles. The summed E-state index contributed by atoms with van der Waals surface area (Å²) in [6.07, 6.45) is -4.67. The molecule has 0 radical (unpaired) electrons. The number of hydrogen-bond acceptors (Lipinski definition) is 5. The van der Waals surface area contributed by atoms with Gasteiger partial charge in [0.25, 0.3) is 10.1 Å². The Morgan fingerprint density at radius 1 is 0.889 bits per heavy atom. The summed E-state index contributed by atoms with van der Waals surface area (Å²) in [5, 5.41) is 17.4. The van der Waals surface area contributed by atoms with Crippen molar-refractivity contribution in [2.45, 2.75) is 11.1 Å². The number of phenols is 1. The van der Waals surface area contributed by atoms with Crippen LogP contribution in [0.1, 0.15) is 5.56 Å². The van der Waals surface area contributed by atoms with Crippen LogP contribution in [0, 0.1) is 0 Å². The van der Waals surface area contributed by atoms with E-state index in [1.54, 1.807) is 0 Å². The number of phenolic OH excluding ortho intramolecular Hbond substituents is 1. The number of aromatic hydroxyl groups is 1. The topological polar surface area (TPSA) is 99.3 Å². The van der Waals surface area contributed by atoms with Gasteiger partial charge in [-0.2, -0.15) is 21.6 Å². The molecule has 0 atom stereocenters. The Morgan fingerprint density at radius 2 is 1.59 bits per heavy atom. The van der Waals surface area contributed by atoms with E-state index in [2.05, 4.69) is 10.2 Å². The third-order valence-electron chi connectivity index (χ3n) is 3.70. The summed E-state index contributed by atoms with van der Waals surface area (Å²) in [6, 6.07) is 10.9. The molecule has 2 N–H and O–H groups in total. The van der Waals surface area contributed by atoms with E-state index in [0.29, 0.717) is 5.39 Å². The van der Waals surface area contributed by atoms with E-state index < -0.39 is 38.2 Å². The highest BCUT2D eigenvalue weighted by atomic mass is 32.2. The Kier molecular flexibility index (Phi) is 4.62. The molecule has 0 heterocycles. The monoisotopic (exact) mass is 396 g/mol. The first kappa shape index (κ1) is 18.8. The molecule has 0 saturated heterocycles. The first-order valence-corrected chi connectivity index (χ1v) is 8.83. The van der Waals surface area contributed by atoms with Crippen molar-refractivity contribution in [3.05, 3.63) is 60.2 Å². The van der Waals surface area contributed by atoms with Gasteiger partial charge < -0.3 is 5.11 Å². The summed E-state index contributed by atoms with van der Waals surface area (Å²) in [4.78, 5) is -0.547. The van der Waals surface area contributed by atoms with Crippen LogP contribution < -0.4 is 0 Å². The molecule has 6 nitrogen and oxygen atoms in total. The number of benzene rings is 3. The molecular weight excluding hydrogens is 385 g/mol. The lowest BCUT2D eigenvalue weighted by molar-refractivity contribution is -0.137. The Hall–Kier alpha value is -2.98. The van der Waals surface area contributed by atoms with E-state index in [9.17, 15) is 31.2 Å². The van der Waals surface area contributed by atoms with E-state index in [0.717, 1.165) is 18.2 Å². The highest BCUT2D eigenvalue weighted by Gasteiger charge is 2.33. The normalized spacial score (nSPS) is 12.7. The number of halogens is 3. The van der Waals surface area contributed by atoms with Gasteiger partial charge in [-0.25, -0.2) is 0 Å². The van der Waals surface area contributed by atoms with E-state index in [-0.39, 0.29) is 11.1 Å². The second kappa shape index (κ2) is 6.63. The molecule has 0 bridgehead atoms. The Labute approximate surface area is 151 Å². The second-order valence-corrected chi connectivity index (χ2v) is 6.87. The zero-order valence-corrected chi connectivity index (χ0v) is 14.2. The Bertz CT molecular complexity index is 1160. The molecule has 3 aromatic rings. The van der Waals surface area contributed by atoms with Crippen LogP contribution in [0.5, 0.6) is 5.75 Å². The van der Waals surface area contributed by atoms with Crippen LogP contribution in [0.4, 0.5) is 24.5 Å². The zero-order valence-electron chi connectivity index (χ0n) is 13.3. The quantitative estimate of drug-likeness (QED) is 0.468.